The molecule has 0 spiro atoms. The molecule has 0 aliphatic carbocycles. The third-order valence-electron chi connectivity index (χ3n) is 12.0. The minimum absolute atomic E-state index is 0.185. The molecule has 0 amide bonds. The number of epoxide rings is 2. The minimum Gasteiger partial charge on any atom is -0.491 e. The fraction of sp³-hybridized carbons (Fsp3) is 0.500. The molecule has 2 aliphatic heterocycles. The van der Waals surface area contributed by atoms with Crippen molar-refractivity contribution in [3.8, 4) is 23.0 Å². The molecule has 0 radical (unpaired) electrons. The van der Waals surface area contributed by atoms with Gasteiger partial charge < -0.3 is 33.5 Å². The van der Waals surface area contributed by atoms with Crippen molar-refractivity contribution in [2.45, 2.75) is 128 Å². The minimum atomic E-state index is -0.690. The number of benzene rings is 4. The molecule has 0 saturated carbocycles. The van der Waals surface area contributed by atoms with E-state index in [1.54, 1.807) is 0 Å². The van der Waals surface area contributed by atoms with Gasteiger partial charge in [-0.15, -0.1) is 0 Å². The number of rotatable bonds is 21. The van der Waals surface area contributed by atoms with Gasteiger partial charge in [0.15, 0.2) is 0 Å². The molecule has 7 heteroatoms. The van der Waals surface area contributed by atoms with Gasteiger partial charge in [0.05, 0.1) is 25.4 Å². The van der Waals surface area contributed by atoms with Crippen LogP contribution in [0.3, 0.4) is 0 Å². The van der Waals surface area contributed by atoms with Crippen molar-refractivity contribution in [3.63, 3.8) is 0 Å². The number of hydrogen-bond acceptors (Lipinski definition) is 7. The normalized spacial score (nSPS) is 18.6. The van der Waals surface area contributed by atoms with E-state index in [2.05, 4.69) is 116 Å². The Kier molecular flexibility index (Phi) is 12.5. The lowest BCUT2D eigenvalue weighted by atomic mass is 9.78. The van der Waals surface area contributed by atoms with Crippen LogP contribution in [0.25, 0.3) is 0 Å². The standard InChI is InChI=1S/C48H62O7/c1-9-47(8,29-43-31-52-43)54-41-24-16-36(17-25-41)45(4,5)34-12-20-39(21-13-34)50-30-38(49)28-48(10-2,11-3)55-42-26-18-37(19-27-42)46(6,7)35-14-22-40(23-15-35)51-32-44-33-53-44/h12-27,38,43-44,49H,9-11,28-33H2,1-8H3. The summed E-state index contributed by atoms with van der Waals surface area (Å²) in [5.41, 5.74) is 3.62. The van der Waals surface area contributed by atoms with Crippen LogP contribution in [-0.2, 0) is 20.3 Å². The molecule has 4 aromatic rings. The highest BCUT2D eigenvalue weighted by molar-refractivity contribution is 5.43. The summed E-state index contributed by atoms with van der Waals surface area (Å²) in [5.74, 6) is 3.27. The van der Waals surface area contributed by atoms with E-state index in [1.165, 1.54) is 22.3 Å². The summed E-state index contributed by atoms with van der Waals surface area (Å²) >= 11 is 0. The third-order valence-corrected chi connectivity index (χ3v) is 12.0. The van der Waals surface area contributed by atoms with Gasteiger partial charge in [-0.25, -0.2) is 0 Å². The number of ether oxygens (including phenoxy) is 6. The molecule has 0 aromatic heterocycles. The first-order valence-corrected chi connectivity index (χ1v) is 20.2. The summed E-state index contributed by atoms with van der Waals surface area (Å²) in [6.07, 6.45) is 3.70. The van der Waals surface area contributed by atoms with Crippen molar-refractivity contribution in [1.82, 2.24) is 0 Å². The highest BCUT2D eigenvalue weighted by atomic mass is 16.6. The molecule has 2 heterocycles. The average Bonchev–Trinajstić information content (AvgIpc) is 4.14. The zero-order valence-corrected chi connectivity index (χ0v) is 34.2. The molecule has 2 fully saturated rings. The zero-order valence-electron chi connectivity index (χ0n) is 34.2. The maximum atomic E-state index is 11.2. The van der Waals surface area contributed by atoms with Crippen molar-refractivity contribution >= 4 is 0 Å². The monoisotopic (exact) mass is 750 g/mol. The fourth-order valence-corrected chi connectivity index (χ4v) is 7.37. The van der Waals surface area contributed by atoms with Gasteiger partial charge in [0.1, 0.15) is 53.5 Å². The Morgan fingerprint density at radius 2 is 0.964 bits per heavy atom. The van der Waals surface area contributed by atoms with Crippen LogP contribution >= 0.6 is 0 Å². The Bertz CT molecular complexity index is 1790. The van der Waals surface area contributed by atoms with Gasteiger partial charge in [0.2, 0.25) is 0 Å². The first-order valence-electron chi connectivity index (χ1n) is 20.2. The van der Waals surface area contributed by atoms with Crippen LogP contribution in [0.15, 0.2) is 97.1 Å². The Balaban J connectivity index is 1.01. The summed E-state index contributed by atoms with van der Waals surface area (Å²) in [4.78, 5) is 0. The lowest BCUT2D eigenvalue weighted by Gasteiger charge is -2.35. The second-order valence-corrected chi connectivity index (χ2v) is 16.8. The predicted molar refractivity (Wildman–Crippen MR) is 219 cm³/mol. The second kappa shape index (κ2) is 17.0. The molecular weight excluding hydrogens is 689 g/mol. The van der Waals surface area contributed by atoms with E-state index in [9.17, 15) is 5.11 Å². The molecule has 55 heavy (non-hydrogen) atoms. The highest BCUT2D eigenvalue weighted by Crippen LogP contribution is 2.37. The van der Waals surface area contributed by atoms with Gasteiger partial charge in [-0.3, -0.25) is 0 Å². The summed E-state index contributed by atoms with van der Waals surface area (Å²) < 4.78 is 35.7. The lowest BCUT2D eigenvalue weighted by Crippen LogP contribution is -2.40. The van der Waals surface area contributed by atoms with Crippen molar-refractivity contribution in [2.75, 3.05) is 26.4 Å². The van der Waals surface area contributed by atoms with E-state index in [0.717, 1.165) is 61.9 Å². The summed E-state index contributed by atoms with van der Waals surface area (Å²) in [7, 11) is 0. The van der Waals surface area contributed by atoms with Gasteiger partial charge in [-0.1, -0.05) is 97.0 Å². The van der Waals surface area contributed by atoms with E-state index >= 15 is 0 Å². The Hall–Kier alpha value is -4.04. The van der Waals surface area contributed by atoms with Gasteiger partial charge >= 0.3 is 0 Å². The number of aliphatic hydroxyl groups excluding tert-OH is 1. The van der Waals surface area contributed by atoms with E-state index in [1.807, 2.05) is 36.4 Å². The molecule has 6 rings (SSSR count). The second-order valence-electron chi connectivity index (χ2n) is 16.8. The molecule has 2 saturated heterocycles. The van der Waals surface area contributed by atoms with E-state index in [0.29, 0.717) is 19.1 Å². The maximum Gasteiger partial charge on any atom is 0.120 e. The van der Waals surface area contributed by atoms with Crippen LogP contribution in [0.1, 0.15) is 110 Å². The summed E-state index contributed by atoms with van der Waals surface area (Å²) in [5, 5.41) is 11.2. The molecule has 7 nitrogen and oxygen atoms in total. The largest absolute Gasteiger partial charge is 0.491 e. The van der Waals surface area contributed by atoms with Gasteiger partial charge in [-0.05, 0) is 97.0 Å². The van der Waals surface area contributed by atoms with Gasteiger partial charge in [-0.2, -0.15) is 0 Å². The lowest BCUT2D eigenvalue weighted by molar-refractivity contribution is -0.00986. The quantitative estimate of drug-likeness (QED) is 0.0849. The predicted octanol–water partition coefficient (Wildman–Crippen LogP) is 10.2. The Morgan fingerprint density at radius 3 is 1.36 bits per heavy atom. The fourth-order valence-electron chi connectivity index (χ4n) is 7.37. The number of hydrogen-bond donors (Lipinski definition) is 1. The number of aliphatic hydroxyl groups is 1. The molecule has 0 bridgehead atoms. The van der Waals surface area contributed by atoms with Gasteiger partial charge in [0.25, 0.3) is 0 Å². The van der Waals surface area contributed by atoms with Crippen molar-refractivity contribution < 1.29 is 33.5 Å². The summed E-state index contributed by atoms with van der Waals surface area (Å²) in [6.45, 7) is 19.9. The van der Waals surface area contributed by atoms with E-state index in [-0.39, 0.29) is 29.1 Å². The van der Waals surface area contributed by atoms with Crippen LogP contribution in [0.4, 0.5) is 0 Å². The molecular formula is C48H62O7. The first kappa shape index (κ1) is 40.6. The van der Waals surface area contributed by atoms with E-state index in [4.69, 9.17) is 28.4 Å². The van der Waals surface area contributed by atoms with E-state index < -0.39 is 11.7 Å². The van der Waals surface area contributed by atoms with Crippen molar-refractivity contribution in [2.24, 2.45) is 0 Å². The SMILES string of the molecule is CCC(C)(CC1CO1)Oc1ccc(C(C)(C)c2ccc(OCC(O)CC(CC)(CC)Oc3ccc(C(C)(C)c4ccc(OCC5CO5)cc4)cc3)cc2)cc1. The zero-order chi connectivity index (χ0) is 39.3. The summed E-state index contributed by atoms with van der Waals surface area (Å²) in [6, 6.07) is 33.4. The van der Waals surface area contributed by atoms with Crippen LogP contribution in [0.2, 0.25) is 0 Å². The average molecular weight is 751 g/mol. The Morgan fingerprint density at radius 1 is 0.564 bits per heavy atom. The molecule has 1 N–H and O–H groups in total. The molecule has 4 unspecified atom stereocenters. The van der Waals surface area contributed by atoms with Gasteiger partial charge in [0, 0.05) is 23.7 Å². The third kappa shape index (κ3) is 10.4. The topological polar surface area (TPSA) is 82.2 Å². The van der Waals surface area contributed by atoms with Crippen molar-refractivity contribution in [1.29, 1.82) is 0 Å². The first-order chi connectivity index (χ1) is 26.3. The van der Waals surface area contributed by atoms with Crippen LogP contribution < -0.4 is 18.9 Å². The maximum absolute atomic E-state index is 11.2. The van der Waals surface area contributed by atoms with Crippen molar-refractivity contribution in [3.05, 3.63) is 119 Å². The molecule has 4 atom stereocenters. The molecule has 2 aliphatic rings. The van der Waals surface area contributed by atoms with Crippen LogP contribution in [-0.4, -0.2) is 61.0 Å². The molecule has 296 valence electrons. The Labute approximate surface area is 329 Å². The molecule has 4 aromatic carbocycles. The highest BCUT2D eigenvalue weighted by Gasteiger charge is 2.36. The smallest absolute Gasteiger partial charge is 0.120 e. The van der Waals surface area contributed by atoms with Crippen LogP contribution in [0.5, 0.6) is 23.0 Å². The van der Waals surface area contributed by atoms with Crippen LogP contribution in [0, 0.1) is 0 Å².